The minimum atomic E-state index is 0.835. The molecule has 0 atom stereocenters. The molecule has 0 aliphatic rings. The number of benzene rings is 24. The SMILES string of the molecule is c1ccc(-c2c(-c3ccc(N(c4cccc5c4oc4ccccc45)c4cccc5c4oc4ccccc45)cc3)ccc3ccccc23)cc1.c1ccc(-c2c(-c3ccc(N(c4cccc5c4sc4ccccc45)c4cccc5c4sc4ccccc45)cc3)ccc3ccccc23)cc1.c1ccc(-c2ccc(N(c3ccc(-c4ccc5ccccc5c4-c4ccccc4)cc3)c3cccc4c3sc3ccccc34)cc2)cc1. The first-order chi connectivity index (χ1) is 72.4. The molecule has 0 fully saturated rings. The zero-order valence-corrected chi connectivity index (χ0v) is 81.7. The molecular weight excluding hydrogens is 1830 g/mol. The van der Waals surface area contributed by atoms with Gasteiger partial charge >= 0.3 is 0 Å². The van der Waals surface area contributed by atoms with Crippen LogP contribution >= 0.6 is 34.0 Å². The fourth-order valence-corrected chi connectivity index (χ4v) is 25.5. The van der Waals surface area contributed by atoms with Crippen LogP contribution in [-0.4, -0.2) is 0 Å². The first-order valence-electron chi connectivity index (χ1n) is 49.6. The van der Waals surface area contributed by atoms with Crippen LogP contribution in [0.15, 0.2) is 549 Å². The summed E-state index contributed by atoms with van der Waals surface area (Å²) >= 11 is 5.62. The predicted molar refractivity (Wildman–Crippen MR) is 627 cm³/mol. The largest absolute Gasteiger partial charge is 0.454 e. The van der Waals surface area contributed by atoms with Gasteiger partial charge in [0.2, 0.25) is 0 Å². The molecule has 0 spiro atoms. The molecule has 0 saturated heterocycles. The van der Waals surface area contributed by atoms with Gasteiger partial charge < -0.3 is 23.5 Å². The van der Waals surface area contributed by atoms with Crippen LogP contribution in [0.1, 0.15) is 0 Å². The Labute approximate surface area is 856 Å². The lowest BCUT2D eigenvalue weighted by atomic mass is 9.90. The summed E-state index contributed by atoms with van der Waals surface area (Å²) in [6.07, 6.45) is 0. The van der Waals surface area contributed by atoms with Crippen molar-refractivity contribution in [3.63, 3.8) is 0 Å². The van der Waals surface area contributed by atoms with Crippen molar-refractivity contribution in [2.45, 2.75) is 0 Å². The van der Waals surface area contributed by atoms with Gasteiger partial charge in [0.1, 0.15) is 11.2 Å². The molecule has 0 unspecified atom stereocenters. The van der Waals surface area contributed by atoms with E-state index in [1.807, 2.05) is 58.3 Å². The van der Waals surface area contributed by atoms with Crippen molar-refractivity contribution < 1.29 is 8.83 Å². The zero-order chi connectivity index (χ0) is 96.5. The van der Waals surface area contributed by atoms with E-state index in [0.29, 0.717) is 0 Å². The maximum atomic E-state index is 6.60. The molecule has 0 N–H and O–H groups in total. The Morgan fingerprint density at radius 1 is 0.144 bits per heavy atom. The van der Waals surface area contributed by atoms with Crippen molar-refractivity contribution >= 4 is 222 Å². The molecule has 686 valence electrons. The van der Waals surface area contributed by atoms with Gasteiger partial charge in [0.25, 0.3) is 0 Å². The quantitative estimate of drug-likeness (QED) is 0.0963. The molecule has 0 saturated carbocycles. The number of fused-ring (bicyclic) bond motifs is 18. The van der Waals surface area contributed by atoms with Gasteiger partial charge in [0.15, 0.2) is 11.2 Å². The maximum absolute atomic E-state index is 6.60. The summed E-state index contributed by atoms with van der Waals surface area (Å²) in [6, 6.07) is 194. The third kappa shape index (κ3) is 15.5. The summed E-state index contributed by atoms with van der Waals surface area (Å²) in [7, 11) is 0. The average molecular weight is 1920 g/mol. The number of hydrogen-bond acceptors (Lipinski definition) is 8. The second-order valence-corrected chi connectivity index (χ2v) is 40.2. The second kappa shape index (κ2) is 37.3. The van der Waals surface area contributed by atoms with E-state index in [2.05, 4.69) is 530 Å². The van der Waals surface area contributed by atoms with Crippen LogP contribution in [0.25, 0.3) is 215 Å². The van der Waals surface area contributed by atoms with E-state index >= 15 is 0 Å². The van der Waals surface area contributed by atoms with Gasteiger partial charge in [-0.3, -0.25) is 0 Å². The summed E-state index contributed by atoms with van der Waals surface area (Å²) in [5, 5.41) is 19.7. The van der Waals surface area contributed by atoms with E-state index in [0.717, 1.165) is 83.6 Å². The van der Waals surface area contributed by atoms with E-state index in [-0.39, 0.29) is 0 Å². The third-order valence-electron chi connectivity index (χ3n) is 28.6. The minimum absolute atomic E-state index is 0.835. The Kier molecular flexibility index (Phi) is 22.2. The molecule has 0 aliphatic heterocycles. The van der Waals surface area contributed by atoms with E-state index in [4.69, 9.17) is 8.83 Å². The fourth-order valence-electron chi connectivity index (χ4n) is 21.9. The van der Waals surface area contributed by atoms with Gasteiger partial charge in [-0.2, -0.15) is 0 Å². The van der Waals surface area contributed by atoms with E-state index in [9.17, 15) is 0 Å². The van der Waals surface area contributed by atoms with Crippen LogP contribution in [0.5, 0.6) is 0 Å². The van der Waals surface area contributed by atoms with Gasteiger partial charge in [0, 0.05) is 90.7 Å². The number of para-hydroxylation sites is 4. The van der Waals surface area contributed by atoms with Crippen molar-refractivity contribution in [1.82, 2.24) is 0 Å². The van der Waals surface area contributed by atoms with Crippen LogP contribution in [0.2, 0.25) is 0 Å². The van der Waals surface area contributed by atoms with Crippen LogP contribution in [0, 0.1) is 0 Å². The van der Waals surface area contributed by atoms with Crippen LogP contribution < -0.4 is 14.7 Å². The van der Waals surface area contributed by atoms with E-state index in [1.165, 1.54) is 182 Å². The Morgan fingerprint density at radius 3 is 0.726 bits per heavy atom. The molecule has 0 bridgehead atoms. The van der Waals surface area contributed by atoms with Crippen LogP contribution in [-0.2, 0) is 0 Å². The molecule has 0 aliphatic carbocycles. The zero-order valence-electron chi connectivity index (χ0n) is 79.3. The van der Waals surface area contributed by atoms with E-state index in [1.54, 1.807) is 0 Å². The Hall–Kier alpha value is -18.3. The monoisotopic (exact) mass is 1920 g/mol. The van der Waals surface area contributed by atoms with Gasteiger partial charge in [-0.25, -0.2) is 0 Å². The number of anilines is 9. The standard InChI is InChI=1S/C46H29NO2.C46H29NS2.C46H31NS/c2*1-2-13-32(14-3-1)44-34-15-5-4-12-30(34)26-29-35(44)31-24-27-33(28-25-31)47(40-20-10-18-38-36-16-6-8-22-42(36)48-45(38)40)41-21-11-19-39-37-17-7-9-23-43(37)49-46(39)41;1-3-12-32(13-4-1)33-22-27-37(28-23-33)47(43-20-11-19-42-41-18-9-10-21-44(41)48-46(42)43)38-29-24-35(25-30-38)40-31-26-34-14-7-8-17-39(34)45(40)36-15-5-2-6-16-36/h2*1-29H;1-31H. The normalized spacial score (nSPS) is 11.6. The molecule has 0 amide bonds. The molecule has 29 aromatic rings. The highest BCUT2D eigenvalue weighted by Gasteiger charge is 2.28. The third-order valence-corrected chi connectivity index (χ3v) is 32.3. The fraction of sp³-hybridized carbons (Fsp3) is 0. The Balaban J connectivity index is 0.000000109. The summed E-state index contributed by atoms with van der Waals surface area (Å²) in [4.78, 5) is 7.17. The minimum Gasteiger partial charge on any atom is -0.454 e. The molecule has 5 nitrogen and oxygen atoms in total. The highest BCUT2D eigenvalue weighted by atomic mass is 32.1. The number of hydrogen-bond donors (Lipinski definition) is 0. The number of thiophene rings is 3. The molecule has 8 heteroatoms. The van der Waals surface area contributed by atoms with Gasteiger partial charge in [-0.1, -0.05) is 431 Å². The number of furan rings is 2. The van der Waals surface area contributed by atoms with Gasteiger partial charge in [-0.05, 0) is 219 Å². The Bertz CT molecular complexity index is 9390. The lowest BCUT2D eigenvalue weighted by molar-refractivity contribution is 0.666. The number of nitrogens with zero attached hydrogens (tertiary/aromatic N) is 3. The van der Waals surface area contributed by atoms with Crippen molar-refractivity contribution in [1.29, 1.82) is 0 Å². The molecule has 0 radical (unpaired) electrons. The van der Waals surface area contributed by atoms with Crippen LogP contribution in [0.3, 0.4) is 0 Å². The molecule has 24 aromatic carbocycles. The first-order valence-corrected chi connectivity index (χ1v) is 52.0. The summed E-state index contributed by atoms with van der Waals surface area (Å²) in [6.45, 7) is 0. The summed E-state index contributed by atoms with van der Waals surface area (Å²) < 4.78 is 21.0. The van der Waals surface area contributed by atoms with Gasteiger partial charge in [0.05, 0.1) is 42.5 Å². The van der Waals surface area contributed by atoms with Crippen molar-refractivity contribution in [3.8, 4) is 77.9 Å². The van der Waals surface area contributed by atoms with Gasteiger partial charge in [-0.15, -0.1) is 34.0 Å². The lowest BCUT2D eigenvalue weighted by Crippen LogP contribution is -2.10. The Morgan fingerprint density at radius 2 is 0.384 bits per heavy atom. The predicted octanol–water partition coefficient (Wildman–Crippen LogP) is 41.5. The van der Waals surface area contributed by atoms with Crippen molar-refractivity contribution in [2.24, 2.45) is 0 Å². The highest BCUT2D eigenvalue weighted by molar-refractivity contribution is 7.27. The highest BCUT2D eigenvalue weighted by Crippen LogP contribution is 2.54. The van der Waals surface area contributed by atoms with Crippen molar-refractivity contribution in [3.05, 3.63) is 540 Å². The summed E-state index contributed by atoms with van der Waals surface area (Å²) in [5.41, 5.74) is 30.4. The van der Waals surface area contributed by atoms with Crippen molar-refractivity contribution in [2.75, 3.05) is 14.7 Å². The molecule has 5 heterocycles. The average Bonchev–Trinajstić information content (AvgIpc) is 1.56. The second-order valence-electron chi connectivity index (χ2n) is 37.0. The van der Waals surface area contributed by atoms with E-state index < -0.39 is 0 Å². The van der Waals surface area contributed by atoms with Crippen LogP contribution in [0.4, 0.5) is 51.2 Å². The summed E-state index contributed by atoms with van der Waals surface area (Å²) in [5.74, 6) is 0. The molecule has 146 heavy (non-hydrogen) atoms. The molecular formula is C138H89N3O2S3. The lowest BCUT2D eigenvalue weighted by Gasteiger charge is -2.27. The first kappa shape index (κ1) is 86.8. The maximum Gasteiger partial charge on any atom is 0.159 e. The molecule has 29 rings (SSSR count). The molecule has 5 aromatic heterocycles. The number of rotatable bonds is 16. The smallest absolute Gasteiger partial charge is 0.159 e. The topological polar surface area (TPSA) is 36.0 Å².